The average molecular weight is 452 g/mol. The topological polar surface area (TPSA) is 88.9 Å². The van der Waals surface area contributed by atoms with Crippen LogP contribution in [0.3, 0.4) is 0 Å². The van der Waals surface area contributed by atoms with E-state index in [0.717, 1.165) is 16.8 Å². The zero-order valence-electron chi connectivity index (χ0n) is 19.0. The molecule has 8 heteroatoms. The van der Waals surface area contributed by atoms with Gasteiger partial charge in [-0.05, 0) is 44.0 Å². The molecule has 2 N–H and O–H groups in total. The molecule has 32 heavy (non-hydrogen) atoms. The zero-order valence-corrected chi connectivity index (χ0v) is 19.9. The molecule has 0 fully saturated rings. The molecule has 0 aliphatic rings. The van der Waals surface area contributed by atoms with Crippen molar-refractivity contribution < 1.29 is 9.59 Å². The Morgan fingerprint density at radius 2 is 1.56 bits per heavy atom. The third-order valence-electron chi connectivity index (χ3n) is 5.08. The molecule has 0 saturated heterocycles. The molecule has 1 heterocycles. The molecule has 168 valence electrons. The first-order valence-corrected chi connectivity index (χ1v) is 11.5. The van der Waals surface area contributed by atoms with Crippen molar-refractivity contribution >= 4 is 29.3 Å². The van der Waals surface area contributed by atoms with Gasteiger partial charge in [0.05, 0.1) is 11.8 Å². The minimum absolute atomic E-state index is 0.106. The second-order valence-corrected chi connectivity index (χ2v) is 9.11. The molecule has 0 unspecified atom stereocenters. The van der Waals surface area contributed by atoms with E-state index in [4.69, 9.17) is 0 Å². The molecule has 2 aromatic carbocycles. The van der Waals surface area contributed by atoms with Gasteiger partial charge in [-0.15, -0.1) is 10.2 Å². The first kappa shape index (κ1) is 23.5. The van der Waals surface area contributed by atoms with Crippen molar-refractivity contribution in [3.8, 4) is 0 Å². The number of aromatic nitrogens is 3. The quantitative estimate of drug-likeness (QED) is 0.499. The summed E-state index contributed by atoms with van der Waals surface area (Å²) in [4.78, 5) is 25.1. The van der Waals surface area contributed by atoms with Crippen molar-refractivity contribution in [3.63, 3.8) is 0 Å². The van der Waals surface area contributed by atoms with Gasteiger partial charge < -0.3 is 15.2 Å². The summed E-state index contributed by atoms with van der Waals surface area (Å²) in [6.45, 7) is 8.03. The lowest BCUT2D eigenvalue weighted by Crippen LogP contribution is -2.33. The third-order valence-corrected chi connectivity index (χ3v) is 6.10. The van der Waals surface area contributed by atoms with Crippen LogP contribution in [0.2, 0.25) is 0 Å². The van der Waals surface area contributed by atoms with E-state index in [9.17, 15) is 9.59 Å². The normalized spacial score (nSPS) is 11.9. The fourth-order valence-corrected chi connectivity index (χ4v) is 3.86. The van der Waals surface area contributed by atoms with Gasteiger partial charge in [-0.1, -0.05) is 61.0 Å². The summed E-state index contributed by atoms with van der Waals surface area (Å²) in [5, 5.41) is 15.1. The molecular weight excluding hydrogens is 422 g/mol. The average Bonchev–Trinajstić information content (AvgIpc) is 3.12. The van der Waals surface area contributed by atoms with E-state index < -0.39 is 0 Å². The highest BCUT2D eigenvalue weighted by Crippen LogP contribution is 2.24. The van der Waals surface area contributed by atoms with Crippen LogP contribution in [0.4, 0.5) is 5.69 Å². The number of hydrogen-bond donors (Lipinski definition) is 2. The maximum absolute atomic E-state index is 12.7. The van der Waals surface area contributed by atoms with Crippen molar-refractivity contribution in [1.82, 2.24) is 20.1 Å². The Hall–Kier alpha value is -3.13. The lowest BCUT2D eigenvalue weighted by Gasteiger charge is -2.21. The van der Waals surface area contributed by atoms with Gasteiger partial charge in [-0.3, -0.25) is 9.59 Å². The Morgan fingerprint density at radius 3 is 2.16 bits per heavy atom. The van der Waals surface area contributed by atoms with Gasteiger partial charge in [0, 0.05) is 18.3 Å². The summed E-state index contributed by atoms with van der Waals surface area (Å²) in [5.41, 5.74) is 3.60. The number of nitrogens with zero attached hydrogens (tertiary/aromatic N) is 3. The number of benzene rings is 2. The lowest BCUT2D eigenvalue weighted by molar-refractivity contribution is -0.113. The first-order valence-electron chi connectivity index (χ1n) is 10.5. The van der Waals surface area contributed by atoms with Crippen molar-refractivity contribution in [1.29, 1.82) is 0 Å². The van der Waals surface area contributed by atoms with Crippen LogP contribution < -0.4 is 10.6 Å². The number of amides is 2. The van der Waals surface area contributed by atoms with Crippen LogP contribution in [-0.2, 0) is 11.8 Å². The van der Waals surface area contributed by atoms with Gasteiger partial charge in [0.25, 0.3) is 5.91 Å². The second kappa shape index (κ2) is 10.5. The molecule has 1 atom stereocenters. The standard InChI is InChI=1S/C24H29N5O2S/c1-15(2)21(26-23(31)18-10-6-16(3)7-11-18)22-27-28-24(29(22)5)32-14-20(30)25-19-12-8-17(4)9-13-19/h6-13,15,21H,14H2,1-5H3,(H,25,30)(H,26,31)/t21-/m1/s1. The number of carbonyl (C=O) groups excluding carboxylic acids is 2. The molecule has 0 radical (unpaired) electrons. The smallest absolute Gasteiger partial charge is 0.251 e. The predicted octanol–water partition coefficient (Wildman–Crippen LogP) is 4.29. The molecule has 3 rings (SSSR count). The summed E-state index contributed by atoms with van der Waals surface area (Å²) < 4.78 is 1.84. The summed E-state index contributed by atoms with van der Waals surface area (Å²) in [5.74, 6) is 0.703. The minimum atomic E-state index is -0.308. The lowest BCUT2D eigenvalue weighted by atomic mass is 10.0. The Labute approximate surface area is 193 Å². The van der Waals surface area contributed by atoms with E-state index in [0.29, 0.717) is 16.5 Å². The fourth-order valence-electron chi connectivity index (χ4n) is 3.15. The van der Waals surface area contributed by atoms with Gasteiger partial charge in [-0.2, -0.15) is 0 Å². The molecule has 0 bridgehead atoms. The van der Waals surface area contributed by atoms with E-state index in [1.165, 1.54) is 11.8 Å². The Kier molecular flexibility index (Phi) is 7.69. The summed E-state index contributed by atoms with van der Waals surface area (Å²) in [6, 6.07) is 14.8. The van der Waals surface area contributed by atoms with Crippen LogP contribution in [0.1, 0.15) is 47.2 Å². The third kappa shape index (κ3) is 5.97. The highest BCUT2D eigenvalue weighted by molar-refractivity contribution is 7.99. The van der Waals surface area contributed by atoms with Crippen LogP contribution in [0.25, 0.3) is 0 Å². The monoisotopic (exact) mass is 451 g/mol. The number of anilines is 1. The number of carbonyl (C=O) groups is 2. The van der Waals surface area contributed by atoms with Gasteiger partial charge in [0.1, 0.15) is 0 Å². The molecule has 2 amide bonds. The van der Waals surface area contributed by atoms with Gasteiger partial charge in [0.15, 0.2) is 11.0 Å². The SMILES string of the molecule is Cc1ccc(NC(=O)CSc2nnc([C@H](NC(=O)c3ccc(C)cc3)C(C)C)n2C)cc1. The summed E-state index contributed by atoms with van der Waals surface area (Å²) in [7, 11) is 1.85. The van der Waals surface area contributed by atoms with Crippen LogP contribution in [-0.4, -0.2) is 32.3 Å². The molecule has 0 spiro atoms. The van der Waals surface area contributed by atoms with E-state index in [1.807, 2.05) is 87.8 Å². The number of hydrogen-bond acceptors (Lipinski definition) is 5. The van der Waals surface area contributed by atoms with Gasteiger partial charge in [-0.25, -0.2) is 0 Å². The molecule has 0 aliphatic carbocycles. The summed E-state index contributed by atoms with van der Waals surface area (Å²) in [6.07, 6.45) is 0. The Bertz CT molecular complexity index is 1070. The first-order chi connectivity index (χ1) is 15.2. The maximum Gasteiger partial charge on any atom is 0.251 e. The van der Waals surface area contributed by atoms with Gasteiger partial charge in [0.2, 0.25) is 5.91 Å². The van der Waals surface area contributed by atoms with Crippen LogP contribution in [0.15, 0.2) is 53.7 Å². The van der Waals surface area contributed by atoms with Crippen molar-refractivity contribution in [2.45, 2.75) is 38.9 Å². The number of aryl methyl sites for hydroxylation is 2. The molecule has 3 aromatic rings. The van der Waals surface area contributed by atoms with Crippen LogP contribution >= 0.6 is 11.8 Å². The van der Waals surface area contributed by atoms with Crippen LogP contribution in [0.5, 0.6) is 0 Å². The fraction of sp³-hybridized carbons (Fsp3) is 0.333. The number of thioether (sulfide) groups is 1. The van der Waals surface area contributed by atoms with E-state index >= 15 is 0 Å². The predicted molar refractivity (Wildman–Crippen MR) is 128 cm³/mol. The Morgan fingerprint density at radius 1 is 0.969 bits per heavy atom. The Balaban J connectivity index is 1.65. The molecular formula is C24H29N5O2S. The zero-order chi connectivity index (χ0) is 23.3. The largest absolute Gasteiger partial charge is 0.342 e. The van der Waals surface area contributed by atoms with Crippen LogP contribution in [0, 0.1) is 19.8 Å². The van der Waals surface area contributed by atoms with E-state index in [-0.39, 0.29) is 29.5 Å². The van der Waals surface area contributed by atoms with Gasteiger partial charge >= 0.3 is 0 Å². The van der Waals surface area contributed by atoms with E-state index in [1.54, 1.807) is 0 Å². The molecule has 7 nitrogen and oxygen atoms in total. The number of nitrogens with one attached hydrogen (secondary N) is 2. The van der Waals surface area contributed by atoms with Crippen molar-refractivity contribution in [3.05, 3.63) is 71.0 Å². The second-order valence-electron chi connectivity index (χ2n) is 8.16. The molecule has 0 aliphatic heterocycles. The summed E-state index contributed by atoms with van der Waals surface area (Å²) >= 11 is 1.31. The highest BCUT2D eigenvalue weighted by Gasteiger charge is 2.25. The highest BCUT2D eigenvalue weighted by atomic mass is 32.2. The minimum Gasteiger partial charge on any atom is -0.342 e. The molecule has 1 aromatic heterocycles. The van der Waals surface area contributed by atoms with Crippen molar-refractivity contribution in [2.75, 3.05) is 11.1 Å². The maximum atomic E-state index is 12.7. The molecule has 0 saturated carbocycles. The van der Waals surface area contributed by atoms with Crippen molar-refractivity contribution in [2.24, 2.45) is 13.0 Å². The number of rotatable bonds is 8. The van der Waals surface area contributed by atoms with E-state index in [2.05, 4.69) is 20.8 Å².